The Kier molecular flexibility index (Phi) is 4.42. The standard InChI is InChI=1S/C11H17NOS/c1-11(2,13)9-14-8-5-10-3-6-12-7-4-10/h3-4,6-7,13H,5,8-9H2,1-2H3. The monoisotopic (exact) mass is 211 g/mol. The van der Waals surface area contributed by atoms with E-state index >= 15 is 0 Å². The van der Waals surface area contributed by atoms with Gasteiger partial charge in [0.05, 0.1) is 5.60 Å². The predicted molar refractivity (Wildman–Crippen MR) is 61.6 cm³/mol. The van der Waals surface area contributed by atoms with E-state index in [1.54, 1.807) is 11.8 Å². The van der Waals surface area contributed by atoms with E-state index in [0.29, 0.717) is 0 Å². The van der Waals surface area contributed by atoms with Crippen molar-refractivity contribution in [2.45, 2.75) is 25.9 Å². The molecule has 0 radical (unpaired) electrons. The molecule has 78 valence electrons. The lowest BCUT2D eigenvalue weighted by atomic mass is 10.2. The Bertz CT molecular complexity index is 256. The van der Waals surface area contributed by atoms with Crippen molar-refractivity contribution in [1.29, 1.82) is 0 Å². The third kappa shape index (κ3) is 5.25. The molecule has 1 heterocycles. The molecule has 1 rings (SSSR count). The first kappa shape index (κ1) is 11.5. The molecule has 0 aliphatic carbocycles. The summed E-state index contributed by atoms with van der Waals surface area (Å²) in [5.74, 6) is 1.84. The van der Waals surface area contributed by atoms with Gasteiger partial charge in [-0.25, -0.2) is 0 Å². The number of hydrogen-bond donors (Lipinski definition) is 1. The van der Waals surface area contributed by atoms with Gasteiger partial charge in [-0.3, -0.25) is 4.98 Å². The van der Waals surface area contributed by atoms with Gasteiger partial charge in [-0.15, -0.1) is 0 Å². The summed E-state index contributed by atoms with van der Waals surface area (Å²) in [6, 6.07) is 4.06. The topological polar surface area (TPSA) is 33.1 Å². The highest BCUT2D eigenvalue weighted by atomic mass is 32.2. The molecule has 0 unspecified atom stereocenters. The summed E-state index contributed by atoms with van der Waals surface area (Å²) < 4.78 is 0. The van der Waals surface area contributed by atoms with Gasteiger partial charge in [0.2, 0.25) is 0 Å². The lowest BCUT2D eigenvalue weighted by Gasteiger charge is -2.15. The first-order valence-electron chi connectivity index (χ1n) is 4.77. The number of nitrogens with zero attached hydrogens (tertiary/aromatic N) is 1. The first-order chi connectivity index (χ1) is 6.58. The van der Waals surface area contributed by atoms with Gasteiger partial charge < -0.3 is 5.11 Å². The fourth-order valence-electron chi connectivity index (χ4n) is 1.06. The van der Waals surface area contributed by atoms with Crippen LogP contribution in [0.2, 0.25) is 0 Å². The molecule has 1 N–H and O–H groups in total. The van der Waals surface area contributed by atoms with Crippen LogP contribution < -0.4 is 0 Å². The molecule has 0 aliphatic heterocycles. The smallest absolute Gasteiger partial charge is 0.0681 e. The molecule has 3 heteroatoms. The zero-order valence-electron chi connectivity index (χ0n) is 8.73. The number of hydrogen-bond acceptors (Lipinski definition) is 3. The molecule has 1 aromatic heterocycles. The van der Waals surface area contributed by atoms with E-state index in [1.165, 1.54) is 5.56 Å². The number of thioether (sulfide) groups is 1. The summed E-state index contributed by atoms with van der Waals surface area (Å²) in [6.07, 6.45) is 4.68. The molecule has 0 saturated carbocycles. The normalized spacial score (nSPS) is 11.6. The van der Waals surface area contributed by atoms with Gasteiger partial charge in [0, 0.05) is 18.1 Å². The van der Waals surface area contributed by atoms with Crippen molar-refractivity contribution in [2.24, 2.45) is 0 Å². The second kappa shape index (κ2) is 5.37. The van der Waals surface area contributed by atoms with Gasteiger partial charge in [-0.1, -0.05) is 0 Å². The van der Waals surface area contributed by atoms with Gasteiger partial charge in [-0.2, -0.15) is 11.8 Å². The predicted octanol–water partition coefficient (Wildman–Crippen LogP) is 2.13. The number of pyridine rings is 1. The molecule has 0 aromatic carbocycles. The van der Waals surface area contributed by atoms with Crippen molar-refractivity contribution in [3.63, 3.8) is 0 Å². The van der Waals surface area contributed by atoms with Crippen LogP contribution in [0.25, 0.3) is 0 Å². The fourth-order valence-corrected chi connectivity index (χ4v) is 2.09. The largest absolute Gasteiger partial charge is 0.390 e. The van der Waals surface area contributed by atoms with E-state index in [1.807, 2.05) is 38.4 Å². The van der Waals surface area contributed by atoms with Crippen LogP contribution in [0, 0.1) is 0 Å². The molecule has 0 bridgehead atoms. The molecule has 2 nitrogen and oxygen atoms in total. The summed E-state index contributed by atoms with van der Waals surface area (Å²) in [5.41, 5.74) is 0.756. The minimum atomic E-state index is -0.553. The molecule has 0 amide bonds. The number of aryl methyl sites for hydroxylation is 1. The van der Waals surface area contributed by atoms with E-state index < -0.39 is 5.60 Å². The van der Waals surface area contributed by atoms with Crippen LogP contribution in [0.1, 0.15) is 19.4 Å². The Hall–Kier alpha value is -0.540. The van der Waals surface area contributed by atoms with Crippen LogP contribution in [0.5, 0.6) is 0 Å². The van der Waals surface area contributed by atoms with E-state index in [0.717, 1.165) is 17.9 Å². The van der Waals surface area contributed by atoms with Gasteiger partial charge in [0.15, 0.2) is 0 Å². The van der Waals surface area contributed by atoms with Crippen molar-refractivity contribution >= 4 is 11.8 Å². The maximum atomic E-state index is 9.48. The Morgan fingerprint density at radius 2 is 2.00 bits per heavy atom. The molecule has 0 fully saturated rings. The molecule has 0 atom stereocenters. The summed E-state index contributed by atoms with van der Waals surface area (Å²) in [5, 5.41) is 9.48. The maximum Gasteiger partial charge on any atom is 0.0681 e. The second-order valence-corrected chi connectivity index (χ2v) is 5.08. The Labute approximate surface area is 89.8 Å². The molecule has 1 aromatic rings. The second-order valence-electron chi connectivity index (χ2n) is 3.97. The highest BCUT2D eigenvalue weighted by Gasteiger charge is 2.11. The van der Waals surface area contributed by atoms with Crippen LogP contribution in [0.15, 0.2) is 24.5 Å². The molecule has 0 aliphatic rings. The minimum Gasteiger partial charge on any atom is -0.390 e. The molecular formula is C11H17NOS. The molecule has 14 heavy (non-hydrogen) atoms. The highest BCUT2D eigenvalue weighted by Crippen LogP contribution is 2.13. The third-order valence-electron chi connectivity index (χ3n) is 1.74. The van der Waals surface area contributed by atoms with Crippen molar-refractivity contribution in [3.05, 3.63) is 30.1 Å². The molecule has 0 saturated heterocycles. The van der Waals surface area contributed by atoms with Crippen molar-refractivity contribution in [1.82, 2.24) is 4.98 Å². The van der Waals surface area contributed by atoms with Crippen molar-refractivity contribution in [2.75, 3.05) is 11.5 Å². The van der Waals surface area contributed by atoms with E-state index in [9.17, 15) is 5.11 Å². The summed E-state index contributed by atoms with van der Waals surface area (Å²) in [7, 11) is 0. The lowest BCUT2D eigenvalue weighted by Crippen LogP contribution is -2.22. The molecular weight excluding hydrogens is 194 g/mol. The van der Waals surface area contributed by atoms with Gasteiger partial charge >= 0.3 is 0 Å². The summed E-state index contributed by atoms with van der Waals surface area (Å²) in [4.78, 5) is 3.97. The number of aromatic nitrogens is 1. The van der Waals surface area contributed by atoms with Crippen molar-refractivity contribution in [3.8, 4) is 0 Å². The highest BCUT2D eigenvalue weighted by molar-refractivity contribution is 7.99. The fraction of sp³-hybridized carbons (Fsp3) is 0.545. The average Bonchev–Trinajstić information content (AvgIpc) is 2.13. The van der Waals surface area contributed by atoms with Gasteiger partial charge in [0.1, 0.15) is 0 Å². The number of rotatable bonds is 5. The average molecular weight is 211 g/mol. The van der Waals surface area contributed by atoms with Crippen LogP contribution in [0.4, 0.5) is 0 Å². The van der Waals surface area contributed by atoms with E-state index in [4.69, 9.17) is 0 Å². The summed E-state index contributed by atoms with van der Waals surface area (Å²) >= 11 is 1.78. The lowest BCUT2D eigenvalue weighted by molar-refractivity contribution is 0.107. The van der Waals surface area contributed by atoms with Gasteiger partial charge in [0.25, 0.3) is 0 Å². The zero-order valence-corrected chi connectivity index (χ0v) is 9.55. The molecule has 0 spiro atoms. The number of aliphatic hydroxyl groups is 1. The van der Waals surface area contributed by atoms with Crippen molar-refractivity contribution < 1.29 is 5.11 Å². The third-order valence-corrected chi connectivity index (χ3v) is 3.14. The SMILES string of the molecule is CC(C)(O)CSCCc1ccncc1. The quantitative estimate of drug-likeness (QED) is 0.757. The Balaban J connectivity index is 2.17. The van der Waals surface area contributed by atoms with Crippen LogP contribution in [-0.4, -0.2) is 27.2 Å². The first-order valence-corrected chi connectivity index (χ1v) is 5.92. The van der Waals surface area contributed by atoms with E-state index in [-0.39, 0.29) is 0 Å². The van der Waals surface area contributed by atoms with Crippen LogP contribution >= 0.6 is 11.8 Å². The van der Waals surface area contributed by atoms with Gasteiger partial charge in [-0.05, 0) is 43.7 Å². The van der Waals surface area contributed by atoms with Crippen LogP contribution in [-0.2, 0) is 6.42 Å². The summed E-state index contributed by atoms with van der Waals surface area (Å²) in [6.45, 7) is 3.68. The van der Waals surface area contributed by atoms with E-state index in [2.05, 4.69) is 4.98 Å². The maximum absolute atomic E-state index is 9.48. The Morgan fingerprint density at radius 3 is 2.57 bits per heavy atom. The zero-order chi connectivity index (χ0) is 10.4. The minimum absolute atomic E-state index is 0.553. The Morgan fingerprint density at radius 1 is 1.36 bits per heavy atom. The van der Waals surface area contributed by atoms with Crippen LogP contribution in [0.3, 0.4) is 0 Å².